The first-order valence-electron chi connectivity index (χ1n) is 25.3. The summed E-state index contributed by atoms with van der Waals surface area (Å²) in [6.45, 7) is 15.9. The molecule has 0 saturated heterocycles. The maximum absolute atomic E-state index is 9.90. The van der Waals surface area contributed by atoms with Gasteiger partial charge in [0, 0.05) is 26.4 Å². The molecule has 2 N–H and O–H groups in total. The Bertz CT molecular complexity index is 1940. The number of unbranched alkanes of at least 4 members (excludes halogenated alkanes) is 12. The van der Waals surface area contributed by atoms with E-state index in [9.17, 15) is 10.2 Å². The molecule has 6 heteroatoms. The molecule has 4 aromatic rings. The summed E-state index contributed by atoms with van der Waals surface area (Å²) in [5.41, 5.74) is 11.9. The number of aryl methyl sites for hydroxylation is 5. The molecule has 4 rings (SSSR count). The van der Waals surface area contributed by atoms with E-state index in [1.165, 1.54) is 162 Å². The molecular weight excluding hydrogens is 883 g/mol. The second-order valence-corrected chi connectivity index (χ2v) is 18.4. The number of benzene rings is 4. The van der Waals surface area contributed by atoms with Crippen molar-refractivity contribution in [3.05, 3.63) is 93.0 Å². The van der Waals surface area contributed by atoms with Crippen LogP contribution in [0.1, 0.15) is 211 Å². The van der Waals surface area contributed by atoms with E-state index in [1.54, 1.807) is 18.2 Å². The minimum absolute atomic E-state index is 0. The number of hydrogen-bond donors (Lipinski definition) is 2. The van der Waals surface area contributed by atoms with Gasteiger partial charge in [0.2, 0.25) is 0 Å². The fourth-order valence-corrected chi connectivity index (χ4v) is 8.98. The zero-order chi connectivity index (χ0) is 45.0. The predicted molar refractivity (Wildman–Crippen MR) is 277 cm³/mol. The number of hydrogen-bond acceptors (Lipinski definition) is 4. The average Bonchev–Trinajstić information content (AvgIpc) is 3.27. The van der Waals surface area contributed by atoms with Crippen molar-refractivity contribution in [1.29, 1.82) is 0 Å². The molecule has 0 spiro atoms. The summed E-state index contributed by atoms with van der Waals surface area (Å²) in [5, 5.41) is 21.0. The molecule has 0 radical (unpaired) electrons. The summed E-state index contributed by atoms with van der Waals surface area (Å²) >= 11 is 3.53. The first-order valence-corrected chi connectivity index (χ1v) is 26.0. The van der Waals surface area contributed by atoms with E-state index < -0.39 is 0 Å². The van der Waals surface area contributed by atoms with Crippen LogP contribution in [0.2, 0.25) is 0 Å². The molecule has 4 nitrogen and oxygen atoms in total. The molecule has 63 heavy (non-hydrogen) atoms. The molecular formula is C57H85BrN2NiO2. The smallest absolute Gasteiger partial charge is 0.127 e. The van der Waals surface area contributed by atoms with Crippen LogP contribution in [0.15, 0.2) is 75.1 Å². The number of phenols is 2. The van der Waals surface area contributed by atoms with Gasteiger partial charge < -0.3 is 10.2 Å². The third kappa shape index (κ3) is 20.0. The van der Waals surface area contributed by atoms with Crippen LogP contribution in [-0.2, 0) is 48.6 Å². The third-order valence-electron chi connectivity index (χ3n) is 12.1. The van der Waals surface area contributed by atoms with Crippen molar-refractivity contribution in [1.82, 2.24) is 0 Å². The van der Waals surface area contributed by atoms with Gasteiger partial charge >= 0.3 is 0 Å². The molecule has 4 aromatic carbocycles. The van der Waals surface area contributed by atoms with E-state index in [0.717, 1.165) is 65.3 Å². The molecule has 0 saturated carbocycles. The maximum Gasteiger partial charge on any atom is 0.127 e. The number of fused-ring (bicyclic) bond motifs is 1. The zero-order valence-corrected chi connectivity index (χ0v) is 43.2. The quantitative estimate of drug-likeness (QED) is 0.0323. The van der Waals surface area contributed by atoms with Gasteiger partial charge in [0.1, 0.15) is 11.5 Å². The zero-order valence-electron chi connectivity index (χ0n) is 40.6. The van der Waals surface area contributed by atoms with Gasteiger partial charge in [-0.1, -0.05) is 156 Å². The van der Waals surface area contributed by atoms with Crippen LogP contribution < -0.4 is 0 Å². The van der Waals surface area contributed by atoms with E-state index in [2.05, 4.69) is 101 Å². The minimum Gasteiger partial charge on any atom is -0.507 e. The van der Waals surface area contributed by atoms with Crippen molar-refractivity contribution in [2.75, 3.05) is 0 Å². The Labute approximate surface area is 403 Å². The predicted octanol–water partition coefficient (Wildman–Crippen LogP) is 18.6. The Morgan fingerprint density at radius 1 is 0.429 bits per heavy atom. The van der Waals surface area contributed by atoms with E-state index >= 15 is 0 Å². The van der Waals surface area contributed by atoms with E-state index in [4.69, 9.17) is 9.98 Å². The fraction of sp³-hybridized carbons (Fsp3) is 0.579. The molecule has 0 fully saturated rings. The number of halogens is 1. The molecule has 0 heterocycles. The maximum atomic E-state index is 9.90. The first kappa shape index (κ1) is 56.2. The Kier molecular flexibility index (Phi) is 29.9. The van der Waals surface area contributed by atoms with Gasteiger partial charge in [0.15, 0.2) is 0 Å². The number of aliphatic imine (C=N–C) groups is 2. The van der Waals surface area contributed by atoms with Crippen LogP contribution in [-0.4, -0.2) is 21.6 Å². The van der Waals surface area contributed by atoms with Crippen molar-refractivity contribution in [2.45, 2.75) is 215 Å². The van der Waals surface area contributed by atoms with Gasteiger partial charge in [-0.25, -0.2) is 0 Å². The van der Waals surface area contributed by atoms with Crippen molar-refractivity contribution in [2.24, 2.45) is 9.98 Å². The van der Waals surface area contributed by atoms with E-state index in [-0.39, 0.29) is 28.0 Å². The van der Waals surface area contributed by atoms with E-state index in [1.807, 2.05) is 6.07 Å². The second-order valence-electron chi connectivity index (χ2n) is 17.6. The average molecular weight is 969 g/mol. The van der Waals surface area contributed by atoms with Crippen LogP contribution in [0.5, 0.6) is 11.5 Å². The normalized spacial score (nSPS) is 11.7. The minimum atomic E-state index is 0. The SMILES string of the molecule is CCCCCCCCC(=Nc1ccc(CCCC)c(CCCC)c1)C(CCCCCC)=Nc1ccc(CCCC)c(CCCC)c1.CCCc1cc(O)c2c(O)cccc2c1Br.[Ni]. The molecule has 0 unspecified atom stereocenters. The van der Waals surface area contributed by atoms with Crippen LogP contribution >= 0.6 is 15.9 Å². The van der Waals surface area contributed by atoms with Gasteiger partial charge in [-0.2, -0.15) is 0 Å². The Morgan fingerprint density at radius 3 is 1.32 bits per heavy atom. The summed E-state index contributed by atoms with van der Waals surface area (Å²) in [4.78, 5) is 11.0. The number of aromatic hydroxyl groups is 2. The number of rotatable bonds is 29. The van der Waals surface area contributed by atoms with Gasteiger partial charge in [-0.3, -0.25) is 9.98 Å². The summed E-state index contributed by atoms with van der Waals surface area (Å²) in [6, 6.07) is 21.1. The molecule has 0 aromatic heterocycles. The monoisotopic (exact) mass is 967 g/mol. The summed E-state index contributed by atoms with van der Waals surface area (Å²) in [6.07, 6.45) is 31.5. The summed E-state index contributed by atoms with van der Waals surface area (Å²) in [5.74, 6) is 0.249. The number of phenolic OH excluding ortho intramolecular Hbond substituents is 2. The van der Waals surface area contributed by atoms with Gasteiger partial charge in [0.05, 0.1) is 28.2 Å². The second kappa shape index (κ2) is 33.5. The Morgan fingerprint density at radius 2 is 0.857 bits per heavy atom. The summed E-state index contributed by atoms with van der Waals surface area (Å²) < 4.78 is 0.957. The van der Waals surface area contributed by atoms with Crippen molar-refractivity contribution in [3.8, 4) is 11.5 Å². The molecule has 352 valence electrons. The van der Waals surface area contributed by atoms with Crippen LogP contribution in [0.3, 0.4) is 0 Å². The molecule has 0 aliphatic heterocycles. The number of nitrogens with zero attached hydrogens (tertiary/aromatic N) is 2. The topological polar surface area (TPSA) is 65.2 Å². The third-order valence-corrected chi connectivity index (χ3v) is 13.1. The summed E-state index contributed by atoms with van der Waals surface area (Å²) in [7, 11) is 0. The van der Waals surface area contributed by atoms with Gasteiger partial charge in [0.25, 0.3) is 0 Å². The largest absolute Gasteiger partial charge is 0.507 e. The Hall–Kier alpha value is -2.95. The molecule has 0 atom stereocenters. The van der Waals surface area contributed by atoms with Crippen LogP contribution in [0, 0.1) is 0 Å². The van der Waals surface area contributed by atoms with Crippen LogP contribution in [0.4, 0.5) is 11.4 Å². The van der Waals surface area contributed by atoms with Crippen molar-refractivity contribution in [3.63, 3.8) is 0 Å². The van der Waals surface area contributed by atoms with Gasteiger partial charge in [-0.15, -0.1) is 0 Å². The van der Waals surface area contributed by atoms with Crippen molar-refractivity contribution >= 4 is 49.5 Å². The standard InChI is InChI=1S/C44H72N2.C13H13BrO2.Ni/c1-7-13-19-21-22-24-30-44(46-42-34-32-38(26-16-10-4)40(36-42)28-18-12-6)43(29-23-20-14-8-2)45-41-33-31-37(25-15-9-3)39(35-41)27-17-11-5;1-2-4-8-7-11(16)12-9(13(8)14)5-3-6-10(12)15;/h31-36H,7-30H2,1-6H3;3,5-7,15-16H,2,4H2,1H3;. The molecule has 0 bridgehead atoms. The Balaban J connectivity index is 0.000000667. The molecule has 0 amide bonds. The van der Waals surface area contributed by atoms with E-state index in [0.29, 0.717) is 5.39 Å². The van der Waals surface area contributed by atoms with Crippen molar-refractivity contribution < 1.29 is 26.7 Å². The van der Waals surface area contributed by atoms with Gasteiger partial charge in [-0.05, 0) is 164 Å². The molecule has 0 aliphatic rings. The van der Waals surface area contributed by atoms with Crippen LogP contribution in [0.25, 0.3) is 10.8 Å². The molecule has 0 aliphatic carbocycles. The fourth-order valence-electron chi connectivity index (χ4n) is 8.34. The first-order chi connectivity index (χ1) is 30.2.